The minimum Gasteiger partial charge on any atom is -0.336 e. The standard InChI is InChI=1S/C6H6F3N3O2/c1-11-2-3(13)12(5(11)10)4(14)6(7,8)9/h10H,2H2,1H3. The molecular formula is C6H6F3N3O2. The summed E-state index contributed by atoms with van der Waals surface area (Å²) in [6.45, 7) is -0.388. The van der Waals surface area contributed by atoms with Crippen molar-refractivity contribution in [1.29, 1.82) is 5.41 Å². The molecule has 5 nitrogen and oxygen atoms in total. The largest absolute Gasteiger partial charge is 0.472 e. The van der Waals surface area contributed by atoms with Gasteiger partial charge in [0.2, 0.25) is 5.96 Å². The summed E-state index contributed by atoms with van der Waals surface area (Å²) < 4.78 is 35.7. The van der Waals surface area contributed by atoms with Crippen LogP contribution in [-0.2, 0) is 9.59 Å². The number of halogens is 3. The number of amides is 2. The fourth-order valence-corrected chi connectivity index (χ4v) is 0.974. The van der Waals surface area contributed by atoms with Crippen molar-refractivity contribution < 1.29 is 22.8 Å². The van der Waals surface area contributed by atoms with E-state index in [0.717, 1.165) is 4.90 Å². The number of carbonyl (C=O) groups excluding carboxylic acids is 2. The maximum atomic E-state index is 11.9. The fourth-order valence-electron chi connectivity index (χ4n) is 0.974. The van der Waals surface area contributed by atoms with Gasteiger partial charge in [0.1, 0.15) is 6.54 Å². The summed E-state index contributed by atoms with van der Waals surface area (Å²) in [7, 11) is 1.25. The molecule has 1 rings (SSSR count). The Kier molecular flexibility index (Phi) is 2.22. The number of imide groups is 1. The van der Waals surface area contributed by atoms with Crippen molar-refractivity contribution in [2.24, 2.45) is 0 Å². The van der Waals surface area contributed by atoms with Gasteiger partial charge in [-0.25, -0.2) is 4.90 Å². The number of hydrogen-bond donors (Lipinski definition) is 1. The Morgan fingerprint density at radius 3 is 2.29 bits per heavy atom. The average molecular weight is 209 g/mol. The molecule has 1 saturated heterocycles. The quantitative estimate of drug-likeness (QED) is 0.600. The van der Waals surface area contributed by atoms with Gasteiger partial charge in [-0.05, 0) is 0 Å². The van der Waals surface area contributed by atoms with Crippen molar-refractivity contribution in [2.45, 2.75) is 6.18 Å². The number of carbonyl (C=O) groups is 2. The molecule has 0 aromatic carbocycles. The van der Waals surface area contributed by atoms with Gasteiger partial charge < -0.3 is 4.90 Å². The van der Waals surface area contributed by atoms with Crippen LogP contribution in [0.3, 0.4) is 0 Å². The van der Waals surface area contributed by atoms with Gasteiger partial charge in [-0.1, -0.05) is 0 Å². The lowest BCUT2D eigenvalue weighted by Gasteiger charge is -2.16. The molecule has 0 aliphatic carbocycles. The van der Waals surface area contributed by atoms with Crippen molar-refractivity contribution >= 4 is 17.8 Å². The van der Waals surface area contributed by atoms with Crippen LogP contribution in [0.4, 0.5) is 13.2 Å². The number of hydrogen-bond acceptors (Lipinski definition) is 3. The van der Waals surface area contributed by atoms with E-state index in [1.807, 2.05) is 0 Å². The Hall–Kier alpha value is -1.60. The van der Waals surface area contributed by atoms with E-state index in [2.05, 4.69) is 0 Å². The molecule has 14 heavy (non-hydrogen) atoms. The van der Waals surface area contributed by atoms with Crippen LogP contribution in [0.1, 0.15) is 0 Å². The van der Waals surface area contributed by atoms with Crippen LogP contribution in [0, 0.1) is 5.41 Å². The van der Waals surface area contributed by atoms with Crippen LogP contribution in [0.2, 0.25) is 0 Å². The molecule has 0 bridgehead atoms. The lowest BCUT2D eigenvalue weighted by Crippen LogP contribution is -2.45. The Morgan fingerprint density at radius 2 is 2.00 bits per heavy atom. The third-order valence-corrected chi connectivity index (χ3v) is 1.64. The van der Waals surface area contributed by atoms with Crippen molar-refractivity contribution in [3.63, 3.8) is 0 Å². The van der Waals surface area contributed by atoms with Crippen LogP contribution in [0.15, 0.2) is 0 Å². The molecule has 0 atom stereocenters. The molecule has 0 aromatic rings. The molecule has 1 heterocycles. The first-order valence-electron chi connectivity index (χ1n) is 3.49. The van der Waals surface area contributed by atoms with Crippen LogP contribution in [-0.4, -0.2) is 47.3 Å². The van der Waals surface area contributed by atoms with Crippen LogP contribution < -0.4 is 0 Å². The van der Waals surface area contributed by atoms with Gasteiger partial charge in [0.15, 0.2) is 0 Å². The topological polar surface area (TPSA) is 64.5 Å². The molecule has 1 N–H and O–H groups in total. The minimum absolute atomic E-state index is 0.181. The second-order valence-corrected chi connectivity index (χ2v) is 2.71. The number of nitrogens with zero attached hydrogens (tertiary/aromatic N) is 2. The maximum absolute atomic E-state index is 11.9. The molecule has 1 aliphatic heterocycles. The van der Waals surface area contributed by atoms with Gasteiger partial charge in [0, 0.05) is 7.05 Å². The molecule has 0 radical (unpaired) electrons. The van der Waals surface area contributed by atoms with Crippen molar-refractivity contribution in [2.75, 3.05) is 13.6 Å². The normalized spacial score (nSPS) is 18.0. The Bertz CT molecular complexity index is 312. The number of guanidine groups is 1. The molecule has 0 spiro atoms. The van der Waals surface area contributed by atoms with Gasteiger partial charge in [-0.3, -0.25) is 15.0 Å². The van der Waals surface area contributed by atoms with E-state index in [-0.39, 0.29) is 11.4 Å². The van der Waals surface area contributed by atoms with Crippen molar-refractivity contribution in [1.82, 2.24) is 9.80 Å². The van der Waals surface area contributed by atoms with Crippen molar-refractivity contribution in [3.05, 3.63) is 0 Å². The van der Waals surface area contributed by atoms with Gasteiger partial charge >= 0.3 is 12.1 Å². The monoisotopic (exact) mass is 209 g/mol. The lowest BCUT2D eigenvalue weighted by atomic mass is 10.5. The van der Waals surface area contributed by atoms with E-state index in [9.17, 15) is 22.8 Å². The highest BCUT2D eigenvalue weighted by atomic mass is 19.4. The SMILES string of the molecule is CN1CC(=O)N(C(=O)C(F)(F)F)C1=N. The number of rotatable bonds is 0. The number of alkyl halides is 3. The zero-order valence-electron chi connectivity index (χ0n) is 7.05. The Labute approximate surface area is 76.6 Å². The minimum atomic E-state index is -5.13. The third kappa shape index (κ3) is 1.54. The van der Waals surface area contributed by atoms with Crippen molar-refractivity contribution in [3.8, 4) is 0 Å². The zero-order chi connectivity index (χ0) is 11.1. The first-order valence-corrected chi connectivity index (χ1v) is 3.49. The number of likely N-dealkylation sites (N-methyl/N-ethyl adjacent to an activating group) is 1. The molecule has 1 fully saturated rings. The molecule has 0 saturated carbocycles. The highest BCUT2D eigenvalue weighted by Crippen LogP contribution is 2.21. The molecule has 8 heteroatoms. The van der Waals surface area contributed by atoms with Gasteiger partial charge in [0.05, 0.1) is 0 Å². The van der Waals surface area contributed by atoms with E-state index in [4.69, 9.17) is 5.41 Å². The molecule has 2 amide bonds. The molecule has 0 unspecified atom stereocenters. The summed E-state index contributed by atoms with van der Waals surface area (Å²) in [4.78, 5) is 22.3. The lowest BCUT2D eigenvalue weighted by molar-refractivity contribution is -0.182. The average Bonchev–Trinajstić information content (AvgIpc) is 2.24. The highest BCUT2D eigenvalue weighted by molar-refractivity contribution is 6.16. The summed E-state index contributed by atoms with van der Waals surface area (Å²) in [5, 5.41) is 7.06. The molecule has 0 aromatic heterocycles. The van der Waals surface area contributed by atoms with E-state index < -0.39 is 24.0 Å². The molecule has 78 valence electrons. The number of nitrogens with one attached hydrogen (secondary N) is 1. The second kappa shape index (κ2) is 2.96. The fraction of sp³-hybridized carbons (Fsp3) is 0.500. The molecular weight excluding hydrogens is 203 g/mol. The maximum Gasteiger partial charge on any atom is 0.472 e. The van der Waals surface area contributed by atoms with Crippen LogP contribution in [0.5, 0.6) is 0 Å². The first-order chi connectivity index (χ1) is 6.25. The van der Waals surface area contributed by atoms with Crippen LogP contribution in [0.25, 0.3) is 0 Å². The summed E-state index contributed by atoms with van der Waals surface area (Å²) >= 11 is 0. The van der Waals surface area contributed by atoms with Gasteiger partial charge in [-0.15, -0.1) is 0 Å². The van der Waals surface area contributed by atoms with E-state index in [1.54, 1.807) is 0 Å². The zero-order valence-corrected chi connectivity index (χ0v) is 7.05. The van der Waals surface area contributed by atoms with Gasteiger partial charge in [0.25, 0.3) is 5.91 Å². The van der Waals surface area contributed by atoms with Gasteiger partial charge in [-0.2, -0.15) is 13.2 Å². The summed E-state index contributed by atoms with van der Waals surface area (Å²) in [5.41, 5.74) is 0. The Balaban J connectivity index is 2.94. The summed E-state index contributed by atoms with van der Waals surface area (Å²) in [6, 6.07) is 0. The van der Waals surface area contributed by atoms with Crippen LogP contribution >= 0.6 is 0 Å². The van der Waals surface area contributed by atoms with E-state index in [1.165, 1.54) is 7.05 Å². The Morgan fingerprint density at radius 1 is 1.50 bits per heavy atom. The summed E-state index contributed by atoms with van der Waals surface area (Å²) in [5.74, 6) is -4.12. The predicted octanol–water partition coefficient (Wildman–Crippen LogP) is -0.216. The predicted molar refractivity (Wildman–Crippen MR) is 38.3 cm³/mol. The van der Waals surface area contributed by atoms with E-state index >= 15 is 0 Å². The van der Waals surface area contributed by atoms with E-state index in [0.29, 0.717) is 0 Å². The first kappa shape index (κ1) is 10.5. The smallest absolute Gasteiger partial charge is 0.336 e. The molecule has 1 aliphatic rings. The second-order valence-electron chi connectivity index (χ2n) is 2.71. The summed E-state index contributed by atoms with van der Waals surface area (Å²) in [6.07, 6.45) is -5.13. The highest BCUT2D eigenvalue weighted by Gasteiger charge is 2.49. The third-order valence-electron chi connectivity index (χ3n) is 1.64.